The highest BCUT2D eigenvalue weighted by molar-refractivity contribution is 7.86. The molecule has 0 bridgehead atoms. The molecule has 4 rings (SSSR count). The van der Waals surface area contributed by atoms with E-state index in [1.54, 1.807) is 55.5 Å². The van der Waals surface area contributed by atoms with Crippen LogP contribution in [0.3, 0.4) is 0 Å². The number of carbonyl (C=O) groups excluding carboxylic acids is 1. The maximum Gasteiger partial charge on any atom is 0.296 e. The van der Waals surface area contributed by atoms with Crippen LogP contribution in [-0.4, -0.2) is 31.1 Å². The minimum absolute atomic E-state index is 0.0661. The van der Waals surface area contributed by atoms with E-state index >= 15 is 0 Å². The molecular weight excluding hydrogens is 506 g/mol. The number of methoxy groups -OCH3 is 1. The number of phenolic OH excluding ortho intramolecular Hbond substituents is 1. The third kappa shape index (κ3) is 5.15. The Hall–Kier alpha value is -3.99. The van der Waals surface area contributed by atoms with Crippen LogP contribution in [0.15, 0.2) is 81.9 Å². The molecule has 0 aliphatic carbocycles. The average molecular weight is 526 g/mol. The number of anilines is 1. The number of carbonyl (C=O) groups is 1. The number of nitrogens with zero attached hydrogens (tertiary/aromatic N) is 2. The molecule has 36 heavy (non-hydrogen) atoms. The summed E-state index contributed by atoms with van der Waals surface area (Å²) in [6.45, 7) is 1.60. The van der Waals surface area contributed by atoms with Crippen LogP contribution >= 0.6 is 11.6 Å². The minimum atomic E-state index is -4.67. The van der Waals surface area contributed by atoms with Crippen molar-refractivity contribution < 1.29 is 27.6 Å². The van der Waals surface area contributed by atoms with Gasteiger partial charge in [0.05, 0.1) is 17.7 Å². The Morgan fingerprint density at radius 3 is 2.33 bits per heavy atom. The van der Waals surface area contributed by atoms with E-state index in [9.17, 15) is 22.9 Å². The van der Waals surface area contributed by atoms with Crippen LogP contribution in [0.5, 0.6) is 11.5 Å². The van der Waals surface area contributed by atoms with E-state index in [1.807, 2.05) is 0 Å². The first-order valence-electron chi connectivity index (χ1n) is 10.5. The largest absolute Gasteiger partial charge is 0.505 e. The van der Waals surface area contributed by atoms with Gasteiger partial charge in [0.1, 0.15) is 22.0 Å². The van der Waals surface area contributed by atoms with Crippen LogP contribution in [0.2, 0.25) is 5.02 Å². The van der Waals surface area contributed by atoms with Crippen molar-refractivity contribution in [2.45, 2.75) is 11.8 Å². The summed E-state index contributed by atoms with van der Waals surface area (Å²) >= 11 is 6.19. The molecule has 0 spiro atoms. The lowest BCUT2D eigenvalue weighted by atomic mass is 10.0. The fraction of sp³-hybridized carbons (Fsp3) is 0.0800. The Bertz CT molecular complexity index is 1620. The van der Waals surface area contributed by atoms with Crippen LogP contribution in [0.4, 0.5) is 17.1 Å². The van der Waals surface area contributed by atoms with Gasteiger partial charge < -0.3 is 15.2 Å². The number of nitrogens with one attached hydrogen (secondary N) is 1. The quantitative estimate of drug-likeness (QED) is 0.196. The van der Waals surface area contributed by atoms with Crippen LogP contribution in [0.1, 0.15) is 15.9 Å². The summed E-state index contributed by atoms with van der Waals surface area (Å²) in [4.78, 5) is 12.5. The van der Waals surface area contributed by atoms with Gasteiger partial charge in [0.15, 0.2) is 5.75 Å². The molecule has 0 saturated heterocycles. The Balaban J connectivity index is 1.82. The molecule has 0 heterocycles. The summed E-state index contributed by atoms with van der Waals surface area (Å²) in [6.07, 6.45) is 0. The fourth-order valence-corrected chi connectivity index (χ4v) is 4.66. The lowest BCUT2D eigenvalue weighted by molar-refractivity contribution is 0.102. The van der Waals surface area contributed by atoms with Crippen LogP contribution in [0.25, 0.3) is 10.8 Å². The zero-order valence-electron chi connectivity index (χ0n) is 19.1. The lowest BCUT2D eigenvalue weighted by Gasteiger charge is -2.12. The molecule has 11 heteroatoms. The number of hydrogen-bond donors (Lipinski definition) is 3. The molecule has 0 fully saturated rings. The SMILES string of the molecule is COc1ccc(NC(=O)c2cc3ccccc3c(N=Nc3c(Cl)cc(C)cc3S(=O)(=O)O)c2O)cc1. The molecule has 184 valence electrons. The molecule has 9 nitrogen and oxygen atoms in total. The van der Waals surface area contributed by atoms with E-state index in [0.717, 1.165) is 0 Å². The second-order valence-electron chi connectivity index (χ2n) is 7.79. The smallest absolute Gasteiger partial charge is 0.296 e. The van der Waals surface area contributed by atoms with Crippen molar-refractivity contribution in [3.63, 3.8) is 0 Å². The van der Waals surface area contributed by atoms with Gasteiger partial charge in [0.2, 0.25) is 0 Å². The Kier molecular flexibility index (Phi) is 6.93. The summed E-state index contributed by atoms with van der Waals surface area (Å²) in [6, 6.07) is 17.6. The highest BCUT2D eigenvalue weighted by Crippen LogP contribution is 2.41. The molecule has 0 atom stereocenters. The van der Waals surface area contributed by atoms with Crippen molar-refractivity contribution in [2.75, 3.05) is 12.4 Å². The first-order chi connectivity index (χ1) is 17.1. The second kappa shape index (κ2) is 9.94. The number of hydrogen-bond acceptors (Lipinski definition) is 7. The lowest BCUT2D eigenvalue weighted by Crippen LogP contribution is -2.12. The zero-order valence-corrected chi connectivity index (χ0v) is 20.6. The molecule has 4 aromatic rings. The number of phenols is 1. The van der Waals surface area contributed by atoms with Gasteiger partial charge in [0.25, 0.3) is 16.0 Å². The fourth-order valence-electron chi connectivity index (χ4n) is 3.56. The average Bonchev–Trinajstić information content (AvgIpc) is 2.83. The van der Waals surface area contributed by atoms with E-state index < -0.39 is 26.7 Å². The molecule has 0 saturated carbocycles. The van der Waals surface area contributed by atoms with Crippen molar-refractivity contribution in [1.82, 2.24) is 0 Å². The number of azo groups is 1. The predicted molar refractivity (Wildman–Crippen MR) is 137 cm³/mol. The van der Waals surface area contributed by atoms with Gasteiger partial charge in [-0.25, -0.2) is 0 Å². The van der Waals surface area contributed by atoms with E-state index in [0.29, 0.717) is 27.8 Å². The molecule has 4 aromatic carbocycles. The number of rotatable bonds is 6. The normalized spacial score (nSPS) is 11.7. The summed E-state index contributed by atoms with van der Waals surface area (Å²) in [5, 5.41) is 22.7. The summed E-state index contributed by atoms with van der Waals surface area (Å²) in [5.74, 6) is -0.463. The van der Waals surface area contributed by atoms with Gasteiger partial charge in [-0.05, 0) is 60.3 Å². The second-order valence-corrected chi connectivity index (χ2v) is 9.59. The molecule has 0 aromatic heterocycles. The number of aryl methyl sites for hydroxylation is 1. The monoisotopic (exact) mass is 525 g/mol. The van der Waals surface area contributed by atoms with Crippen LogP contribution in [0, 0.1) is 6.92 Å². The minimum Gasteiger partial charge on any atom is -0.505 e. The molecule has 0 radical (unpaired) electrons. The molecule has 0 unspecified atom stereocenters. The van der Waals surface area contributed by atoms with E-state index in [4.69, 9.17) is 16.3 Å². The maximum atomic E-state index is 13.0. The standard InChI is InChI=1S/C25H20ClN3O6S/c1-14-11-20(26)23(21(12-14)36(32,33)34)29-28-22-18-6-4-3-5-15(18)13-19(24(22)30)25(31)27-16-7-9-17(35-2)10-8-16/h3-13,30H,1-2H3,(H,27,31)(H,32,33,34). The highest BCUT2D eigenvalue weighted by Gasteiger charge is 2.21. The zero-order chi connectivity index (χ0) is 26.0. The third-order valence-corrected chi connectivity index (χ3v) is 6.44. The summed E-state index contributed by atoms with van der Waals surface area (Å²) in [7, 11) is -3.14. The summed E-state index contributed by atoms with van der Waals surface area (Å²) < 4.78 is 38.5. The van der Waals surface area contributed by atoms with Gasteiger partial charge >= 0.3 is 0 Å². The number of aromatic hydroxyl groups is 1. The summed E-state index contributed by atoms with van der Waals surface area (Å²) in [5.41, 5.74) is 0.494. The van der Waals surface area contributed by atoms with Gasteiger partial charge in [0, 0.05) is 11.1 Å². The molecule has 1 amide bonds. The van der Waals surface area contributed by atoms with Crippen molar-refractivity contribution in [1.29, 1.82) is 0 Å². The van der Waals surface area contributed by atoms with Gasteiger partial charge in [-0.15, -0.1) is 10.2 Å². The molecule has 3 N–H and O–H groups in total. The van der Waals surface area contributed by atoms with Gasteiger partial charge in [-0.3, -0.25) is 9.35 Å². The maximum absolute atomic E-state index is 13.0. The van der Waals surface area contributed by atoms with E-state index in [1.165, 1.54) is 25.3 Å². The van der Waals surface area contributed by atoms with Gasteiger partial charge in [-0.2, -0.15) is 8.42 Å². The first-order valence-corrected chi connectivity index (χ1v) is 12.3. The van der Waals surface area contributed by atoms with Crippen molar-refractivity contribution in [3.8, 4) is 11.5 Å². The predicted octanol–water partition coefficient (Wildman–Crippen LogP) is 6.43. The molecule has 0 aliphatic heterocycles. The number of ether oxygens (including phenoxy) is 1. The number of amides is 1. The number of halogens is 1. The Labute approximate surface area is 211 Å². The van der Waals surface area contributed by atoms with Crippen LogP contribution < -0.4 is 10.1 Å². The van der Waals surface area contributed by atoms with Crippen molar-refractivity contribution >= 4 is 55.5 Å². The third-order valence-electron chi connectivity index (χ3n) is 5.29. The van der Waals surface area contributed by atoms with E-state index in [-0.39, 0.29) is 22.0 Å². The van der Waals surface area contributed by atoms with Gasteiger partial charge in [-0.1, -0.05) is 35.9 Å². The molecule has 0 aliphatic rings. The van der Waals surface area contributed by atoms with Crippen molar-refractivity contribution in [3.05, 3.63) is 82.9 Å². The Morgan fingerprint density at radius 2 is 1.67 bits per heavy atom. The molecular formula is C25H20ClN3O6S. The van der Waals surface area contributed by atoms with Crippen molar-refractivity contribution in [2.24, 2.45) is 10.2 Å². The number of fused-ring (bicyclic) bond motifs is 1. The van der Waals surface area contributed by atoms with E-state index in [2.05, 4.69) is 15.5 Å². The Morgan fingerprint density at radius 1 is 1.00 bits per heavy atom. The highest BCUT2D eigenvalue weighted by atomic mass is 35.5. The number of benzene rings is 4. The first kappa shape index (κ1) is 25.1. The van der Waals surface area contributed by atoms with Crippen LogP contribution in [-0.2, 0) is 10.1 Å². The topological polar surface area (TPSA) is 138 Å².